The van der Waals surface area contributed by atoms with Gasteiger partial charge in [-0.25, -0.2) is 15.0 Å². The molecule has 0 bridgehead atoms. The van der Waals surface area contributed by atoms with Crippen molar-refractivity contribution in [1.82, 2.24) is 19.9 Å². The van der Waals surface area contributed by atoms with Crippen LogP contribution in [-0.4, -0.2) is 26.0 Å². The van der Waals surface area contributed by atoms with Crippen molar-refractivity contribution in [3.63, 3.8) is 0 Å². The van der Waals surface area contributed by atoms with E-state index in [1.54, 1.807) is 0 Å². The number of nitrogens with two attached hydrogens (primary N) is 2. The molecule has 2 atom stereocenters. The minimum absolute atomic E-state index is 0.179. The third-order valence-electron chi connectivity index (χ3n) is 3.51. The van der Waals surface area contributed by atoms with Gasteiger partial charge in [-0.3, -0.25) is 0 Å². The van der Waals surface area contributed by atoms with Crippen LogP contribution in [-0.2, 0) is 0 Å². The molecule has 6 nitrogen and oxygen atoms in total. The molecule has 17 heavy (non-hydrogen) atoms. The van der Waals surface area contributed by atoms with Crippen molar-refractivity contribution in [3.05, 3.63) is 12.2 Å². The van der Waals surface area contributed by atoms with E-state index in [2.05, 4.69) is 19.9 Å². The van der Waals surface area contributed by atoms with Crippen molar-refractivity contribution in [1.29, 1.82) is 0 Å². The predicted octanol–water partition coefficient (Wildman–Crippen LogP) is 0.920. The molecule has 1 fully saturated rings. The van der Waals surface area contributed by atoms with Crippen molar-refractivity contribution >= 4 is 17.0 Å². The van der Waals surface area contributed by atoms with Crippen LogP contribution in [0.1, 0.15) is 37.4 Å². The van der Waals surface area contributed by atoms with Gasteiger partial charge in [0.25, 0.3) is 0 Å². The van der Waals surface area contributed by atoms with Crippen LogP contribution in [0, 0.1) is 0 Å². The Balaban J connectivity index is 2.02. The summed E-state index contributed by atoms with van der Waals surface area (Å²) >= 11 is 0. The molecule has 0 radical (unpaired) electrons. The number of aromatic amines is 1. The molecule has 90 valence electrons. The van der Waals surface area contributed by atoms with Crippen molar-refractivity contribution in [2.75, 3.05) is 5.73 Å². The van der Waals surface area contributed by atoms with Gasteiger partial charge in [-0.15, -0.1) is 0 Å². The normalized spacial score (nSPS) is 25.2. The molecule has 0 spiro atoms. The van der Waals surface area contributed by atoms with Crippen LogP contribution in [0.15, 0.2) is 6.33 Å². The first-order chi connectivity index (χ1) is 8.25. The largest absolute Gasteiger partial charge is 0.382 e. The Morgan fingerprint density at radius 2 is 2.06 bits per heavy atom. The van der Waals surface area contributed by atoms with Crippen LogP contribution < -0.4 is 11.5 Å². The van der Waals surface area contributed by atoms with Crippen LogP contribution >= 0.6 is 0 Å². The number of hydrogen-bond donors (Lipinski definition) is 3. The number of aromatic nitrogens is 4. The molecule has 0 amide bonds. The molecule has 2 unspecified atom stereocenters. The number of nitrogens with zero attached hydrogens (tertiary/aromatic N) is 3. The van der Waals surface area contributed by atoms with Gasteiger partial charge >= 0.3 is 0 Å². The Kier molecular flexibility index (Phi) is 2.44. The molecule has 2 aromatic heterocycles. The summed E-state index contributed by atoms with van der Waals surface area (Å²) in [6.45, 7) is 0. The monoisotopic (exact) mass is 232 g/mol. The van der Waals surface area contributed by atoms with Gasteiger partial charge in [0.1, 0.15) is 17.7 Å². The molecule has 1 saturated carbocycles. The summed E-state index contributed by atoms with van der Waals surface area (Å²) in [5.74, 6) is 1.63. The van der Waals surface area contributed by atoms with Gasteiger partial charge in [0, 0.05) is 12.0 Å². The van der Waals surface area contributed by atoms with Gasteiger partial charge < -0.3 is 16.5 Å². The lowest BCUT2D eigenvalue weighted by atomic mass is 9.84. The summed E-state index contributed by atoms with van der Waals surface area (Å²) in [5, 5.41) is 0. The topological polar surface area (TPSA) is 106 Å². The molecular weight excluding hydrogens is 216 g/mol. The Hall–Kier alpha value is -1.69. The fourth-order valence-corrected chi connectivity index (χ4v) is 2.54. The zero-order valence-corrected chi connectivity index (χ0v) is 9.56. The molecule has 6 heteroatoms. The van der Waals surface area contributed by atoms with E-state index in [1.807, 2.05) is 0 Å². The van der Waals surface area contributed by atoms with Gasteiger partial charge in [-0.2, -0.15) is 0 Å². The smallest absolute Gasteiger partial charge is 0.183 e. The maximum Gasteiger partial charge on any atom is 0.183 e. The summed E-state index contributed by atoms with van der Waals surface area (Å²) in [5.41, 5.74) is 13.3. The van der Waals surface area contributed by atoms with Crippen LogP contribution in [0.2, 0.25) is 0 Å². The van der Waals surface area contributed by atoms with E-state index in [1.165, 1.54) is 19.2 Å². The molecule has 5 N–H and O–H groups in total. The number of hydrogen-bond acceptors (Lipinski definition) is 5. The molecule has 0 saturated heterocycles. The summed E-state index contributed by atoms with van der Waals surface area (Å²) in [7, 11) is 0. The van der Waals surface area contributed by atoms with Gasteiger partial charge in [-0.05, 0) is 12.8 Å². The Morgan fingerprint density at radius 3 is 2.82 bits per heavy atom. The molecule has 2 aromatic rings. The van der Waals surface area contributed by atoms with E-state index in [-0.39, 0.29) is 12.0 Å². The maximum absolute atomic E-state index is 6.14. The molecule has 3 rings (SSSR count). The number of H-pyrrole nitrogens is 1. The lowest BCUT2D eigenvalue weighted by molar-refractivity contribution is 0.375. The summed E-state index contributed by atoms with van der Waals surface area (Å²) in [6.07, 6.45) is 5.98. The van der Waals surface area contributed by atoms with Gasteiger partial charge in [0.05, 0.1) is 0 Å². The first kappa shape index (κ1) is 10.5. The highest BCUT2D eigenvalue weighted by molar-refractivity contribution is 5.81. The van der Waals surface area contributed by atoms with Crippen molar-refractivity contribution in [2.24, 2.45) is 5.73 Å². The first-order valence-electron chi connectivity index (χ1n) is 5.97. The standard InChI is InChI=1S/C11H16N6/c12-7-4-2-1-3-6(7)10-16-8-9(13)14-5-15-11(8)17-10/h5-7H,1-4,12H2,(H3,13,14,15,16,17). The number of fused-ring (bicyclic) bond motifs is 1. The fourth-order valence-electron chi connectivity index (χ4n) is 2.54. The van der Waals surface area contributed by atoms with Crippen LogP contribution in [0.3, 0.4) is 0 Å². The second-order valence-electron chi connectivity index (χ2n) is 4.63. The molecule has 1 aliphatic rings. The van der Waals surface area contributed by atoms with E-state index in [4.69, 9.17) is 11.5 Å². The summed E-state index contributed by atoms with van der Waals surface area (Å²) in [4.78, 5) is 15.8. The summed E-state index contributed by atoms with van der Waals surface area (Å²) < 4.78 is 0. The van der Waals surface area contributed by atoms with E-state index in [9.17, 15) is 0 Å². The average molecular weight is 232 g/mol. The second kappa shape index (κ2) is 3.96. The Labute approximate surface area is 98.8 Å². The lowest BCUT2D eigenvalue weighted by Gasteiger charge is -2.26. The van der Waals surface area contributed by atoms with Crippen molar-refractivity contribution < 1.29 is 0 Å². The highest BCUT2D eigenvalue weighted by Crippen LogP contribution is 2.31. The number of rotatable bonds is 1. The predicted molar refractivity (Wildman–Crippen MR) is 65.3 cm³/mol. The molecule has 1 aliphatic carbocycles. The van der Waals surface area contributed by atoms with Crippen molar-refractivity contribution in [2.45, 2.75) is 37.6 Å². The molecule has 0 aliphatic heterocycles. The minimum Gasteiger partial charge on any atom is -0.382 e. The van der Waals surface area contributed by atoms with Crippen LogP contribution in [0.5, 0.6) is 0 Å². The van der Waals surface area contributed by atoms with E-state index >= 15 is 0 Å². The third-order valence-corrected chi connectivity index (χ3v) is 3.51. The minimum atomic E-state index is 0.179. The number of anilines is 1. The zero-order chi connectivity index (χ0) is 11.8. The first-order valence-corrected chi connectivity index (χ1v) is 5.97. The highest BCUT2D eigenvalue weighted by atomic mass is 15.1. The molecular formula is C11H16N6. The number of imidazole rings is 1. The fraction of sp³-hybridized carbons (Fsp3) is 0.545. The highest BCUT2D eigenvalue weighted by Gasteiger charge is 2.26. The zero-order valence-electron chi connectivity index (χ0n) is 9.56. The quantitative estimate of drug-likeness (QED) is 0.677. The third kappa shape index (κ3) is 1.74. The average Bonchev–Trinajstić information content (AvgIpc) is 2.75. The van der Waals surface area contributed by atoms with Gasteiger partial charge in [0.2, 0.25) is 0 Å². The second-order valence-corrected chi connectivity index (χ2v) is 4.63. The number of nitrogen functional groups attached to an aromatic ring is 1. The maximum atomic E-state index is 6.14. The van der Waals surface area contributed by atoms with Crippen LogP contribution in [0.4, 0.5) is 5.82 Å². The Morgan fingerprint density at radius 1 is 1.24 bits per heavy atom. The van der Waals surface area contributed by atoms with Crippen molar-refractivity contribution in [3.8, 4) is 0 Å². The SMILES string of the molecule is Nc1ncnc2nc(C3CCCCC3N)[nH]c12. The lowest BCUT2D eigenvalue weighted by Crippen LogP contribution is -2.31. The molecule has 2 heterocycles. The Bertz CT molecular complexity index is 534. The van der Waals surface area contributed by atoms with Gasteiger partial charge in [-0.1, -0.05) is 12.8 Å². The van der Waals surface area contributed by atoms with E-state index in [0.717, 1.165) is 24.2 Å². The van der Waals surface area contributed by atoms with E-state index < -0.39 is 0 Å². The van der Waals surface area contributed by atoms with E-state index in [0.29, 0.717) is 11.5 Å². The molecule has 0 aromatic carbocycles. The van der Waals surface area contributed by atoms with Crippen LogP contribution in [0.25, 0.3) is 11.2 Å². The van der Waals surface area contributed by atoms with Gasteiger partial charge in [0.15, 0.2) is 11.5 Å². The summed E-state index contributed by atoms with van der Waals surface area (Å²) in [6, 6.07) is 0.179. The number of nitrogens with one attached hydrogen (secondary N) is 1.